The summed E-state index contributed by atoms with van der Waals surface area (Å²) in [5.74, 6) is 2.48. The van der Waals surface area contributed by atoms with Crippen LogP contribution in [0.3, 0.4) is 0 Å². The highest BCUT2D eigenvalue weighted by Gasteiger charge is 2.17. The van der Waals surface area contributed by atoms with E-state index in [2.05, 4.69) is 45.3 Å². The third kappa shape index (κ3) is 6.29. The summed E-state index contributed by atoms with van der Waals surface area (Å²) < 4.78 is 13.2. The fraction of sp³-hybridized carbons (Fsp3) is 0.632. The molecule has 28 heavy (non-hydrogen) atoms. The van der Waals surface area contributed by atoms with Crippen molar-refractivity contribution in [2.24, 2.45) is 12.0 Å². The van der Waals surface area contributed by atoms with Gasteiger partial charge in [-0.1, -0.05) is 6.07 Å². The van der Waals surface area contributed by atoms with E-state index < -0.39 is 0 Å². The number of nitrogens with one attached hydrogen (secondary N) is 2. The van der Waals surface area contributed by atoms with Gasteiger partial charge in [-0.25, -0.2) is 4.99 Å². The number of thiophene rings is 1. The van der Waals surface area contributed by atoms with Crippen molar-refractivity contribution >= 4 is 17.3 Å². The van der Waals surface area contributed by atoms with Crippen LogP contribution in [0.5, 0.6) is 0 Å². The summed E-state index contributed by atoms with van der Waals surface area (Å²) >= 11 is 1.77. The first-order valence-corrected chi connectivity index (χ1v) is 10.6. The van der Waals surface area contributed by atoms with Crippen molar-refractivity contribution in [3.05, 3.63) is 34.0 Å². The van der Waals surface area contributed by atoms with Crippen LogP contribution >= 0.6 is 11.3 Å². The minimum Gasteiger partial charge on any atom is -0.379 e. The molecule has 9 heteroatoms. The average Bonchev–Trinajstić information content (AvgIpc) is 3.43. The van der Waals surface area contributed by atoms with Gasteiger partial charge in [-0.2, -0.15) is 0 Å². The van der Waals surface area contributed by atoms with Gasteiger partial charge in [-0.15, -0.1) is 21.5 Å². The van der Waals surface area contributed by atoms with E-state index in [4.69, 9.17) is 14.5 Å². The molecule has 0 radical (unpaired) electrons. The van der Waals surface area contributed by atoms with Gasteiger partial charge in [0.05, 0.1) is 19.3 Å². The van der Waals surface area contributed by atoms with Crippen LogP contribution in [0.4, 0.5) is 0 Å². The van der Waals surface area contributed by atoms with E-state index in [0.717, 1.165) is 43.6 Å². The monoisotopic (exact) mass is 406 g/mol. The summed E-state index contributed by atoms with van der Waals surface area (Å²) in [4.78, 5) is 6.06. The molecule has 0 saturated carbocycles. The van der Waals surface area contributed by atoms with Crippen molar-refractivity contribution in [1.29, 1.82) is 0 Å². The van der Waals surface area contributed by atoms with Gasteiger partial charge in [-0.3, -0.25) is 0 Å². The van der Waals surface area contributed by atoms with Crippen LogP contribution in [0.1, 0.15) is 29.9 Å². The van der Waals surface area contributed by atoms with E-state index in [9.17, 15) is 0 Å². The first-order chi connectivity index (χ1) is 13.6. The number of aromatic nitrogens is 3. The lowest BCUT2D eigenvalue weighted by molar-refractivity contribution is 0.0347. The van der Waals surface area contributed by atoms with Gasteiger partial charge in [0, 0.05) is 31.1 Å². The van der Waals surface area contributed by atoms with Gasteiger partial charge < -0.3 is 24.7 Å². The molecule has 1 fully saturated rings. The van der Waals surface area contributed by atoms with E-state index in [-0.39, 0.29) is 12.1 Å². The number of rotatable bonds is 9. The highest BCUT2D eigenvalue weighted by molar-refractivity contribution is 7.09. The fourth-order valence-corrected chi connectivity index (χ4v) is 3.56. The molecule has 0 aliphatic carbocycles. The highest BCUT2D eigenvalue weighted by Crippen LogP contribution is 2.09. The maximum atomic E-state index is 5.92. The Labute approximate surface area is 170 Å². The van der Waals surface area contributed by atoms with E-state index in [1.54, 1.807) is 11.3 Å². The summed E-state index contributed by atoms with van der Waals surface area (Å²) in [5, 5.41) is 17.2. The van der Waals surface area contributed by atoms with E-state index >= 15 is 0 Å². The van der Waals surface area contributed by atoms with Crippen molar-refractivity contribution in [3.63, 3.8) is 0 Å². The lowest BCUT2D eigenvalue weighted by Crippen LogP contribution is -2.45. The van der Waals surface area contributed by atoms with E-state index in [1.165, 1.54) is 4.88 Å². The zero-order valence-electron chi connectivity index (χ0n) is 16.9. The maximum absolute atomic E-state index is 5.92. The number of aliphatic imine (C=N–C) groups is 1. The first-order valence-electron chi connectivity index (χ1n) is 9.73. The molecule has 0 spiro atoms. The Morgan fingerprint density at radius 1 is 1.50 bits per heavy atom. The molecule has 2 aromatic rings. The molecule has 3 heterocycles. The van der Waals surface area contributed by atoms with Crippen molar-refractivity contribution < 1.29 is 9.47 Å². The molecule has 2 N–H and O–H groups in total. The summed E-state index contributed by atoms with van der Waals surface area (Å²) in [6.07, 6.45) is 2.14. The largest absolute Gasteiger partial charge is 0.379 e. The third-order valence-corrected chi connectivity index (χ3v) is 5.59. The van der Waals surface area contributed by atoms with Crippen molar-refractivity contribution in [2.45, 2.75) is 45.4 Å². The molecular formula is C19H30N6O2S. The molecule has 0 bridgehead atoms. The van der Waals surface area contributed by atoms with Gasteiger partial charge in [0.25, 0.3) is 0 Å². The van der Waals surface area contributed by atoms with Crippen molar-refractivity contribution in [2.75, 3.05) is 26.4 Å². The Hall–Kier alpha value is -1.97. The number of aryl methyl sites for hydroxylation is 1. The molecule has 0 aromatic carbocycles. The predicted molar refractivity (Wildman–Crippen MR) is 111 cm³/mol. The van der Waals surface area contributed by atoms with Crippen LogP contribution in [-0.4, -0.2) is 59.2 Å². The fourth-order valence-electron chi connectivity index (χ4n) is 2.85. The Morgan fingerprint density at radius 3 is 3.07 bits per heavy atom. The molecule has 0 amide bonds. The van der Waals surface area contributed by atoms with E-state index in [0.29, 0.717) is 19.8 Å². The van der Waals surface area contributed by atoms with E-state index in [1.807, 2.05) is 18.5 Å². The SMILES string of the molecule is Cc1nnc(CN=C(NCCc2cccs2)NC(C)COC2CCOC2)n1C. The maximum Gasteiger partial charge on any atom is 0.192 e. The standard InChI is InChI=1S/C19H30N6O2S/c1-14(12-27-16-7-9-26-13-16)22-19(20-8-6-17-5-4-10-28-17)21-11-18-24-23-15(2)25(18)3/h4-5,10,14,16H,6-9,11-13H2,1-3H3,(H2,20,21,22). The van der Waals surface area contributed by atoms with Crippen LogP contribution in [0.2, 0.25) is 0 Å². The Balaban J connectivity index is 1.54. The van der Waals surface area contributed by atoms with Gasteiger partial charge in [-0.05, 0) is 38.1 Å². The smallest absolute Gasteiger partial charge is 0.192 e. The molecular weight excluding hydrogens is 376 g/mol. The Morgan fingerprint density at radius 2 is 2.39 bits per heavy atom. The predicted octanol–water partition coefficient (Wildman–Crippen LogP) is 1.66. The summed E-state index contributed by atoms with van der Waals surface area (Å²) in [6, 6.07) is 4.37. The third-order valence-electron chi connectivity index (χ3n) is 4.66. The molecule has 1 saturated heterocycles. The van der Waals surface area contributed by atoms with Crippen LogP contribution in [0.25, 0.3) is 0 Å². The lowest BCUT2D eigenvalue weighted by Gasteiger charge is -2.20. The van der Waals surface area contributed by atoms with Gasteiger partial charge in [0.1, 0.15) is 12.4 Å². The van der Waals surface area contributed by atoms with Crippen LogP contribution in [-0.2, 0) is 29.5 Å². The zero-order valence-corrected chi connectivity index (χ0v) is 17.7. The Bertz CT molecular complexity index is 740. The quantitative estimate of drug-likeness (QED) is 0.487. The second kappa shape index (κ2) is 10.5. The minimum absolute atomic E-state index is 0.134. The number of nitrogens with zero attached hydrogens (tertiary/aromatic N) is 4. The van der Waals surface area contributed by atoms with Gasteiger partial charge in [0.15, 0.2) is 11.8 Å². The minimum atomic E-state index is 0.134. The number of guanidine groups is 1. The first kappa shape index (κ1) is 20.8. The van der Waals surface area contributed by atoms with Gasteiger partial charge >= 0.3 is 0 Å². The second-order valence-electron chi connectivity index (χ2n) is 7.01. The molecule has 154 valence electrons. The normalized spacial score (nSPS) is 18.4. The van der Waals surface area contributed by atoms with Crippen LogP contribution < -0.4 is 10.6 Å². The van der Waals surface area contributed by atoms with Gasteiger partial charge in [0.2, 0.25) is 0 Å². The number of hydrogen-bond acceptors (Lipinski definition) is 6. The Kier molecular flexibility index (Phi) is 7.81. The summed E-state index contributed by atoms with van der Waals surface area (Å²) in [6.45, 7) is 7.41. The topological polar surface area (TPSA) is 85.6 Å². The average molecular weight is 407 g/mol. The molecule has 2 atom stereocenters. The second-order valence-corrected chi connectivity index (χ2v) is 8.04. The summed E-state index contributed by atoms with van der Waals surface area (Å²) in [5.41, 5.74) is 0. The molecule has 8 nitrogen and oxygen atoms in total. The molecule has 1 aliphatic heterocycles. The number of hydrogen-bond donors (Lipinski definition) is 2. The zero-order chi connectivity index (χ0) is 19.8. The highest BCUT2D eigenvalue weighted by atomic mass is 32.1. The lowest BCUT2D eigenvalue weighted by atomic mass is 10.3. The van der Waals surface area contributed by atoms with Crippen LogP contribution in [0.15, 0.2) is 22.5 Å². The van der Waals surface area contributed by atoms with Crippen LogP contribution in [0, 0.1) is 6.92 Å². The summed E-state index contributed by atoms with van der Waals surface area (Å²) in [7, 11) is 1.96. The number of ether oxygens (including phenoxy) is 2. The molecule has 2 unspecified atom stereocenters. The van der Waals surface area contributed by atoms with Crippen molar-refractivity contribution in [3.8, 4) is 0 Å². The van der Waals surface area contributed by atoms with Crippen molar-refractivity contribution in [1.82, 2.24) is 25.4 Å². The molecule has 2 aromatic heterocycles. The molecule has 1 aliphatic rings. The molecule has 3 rings (SSSR count).